The molecule has 1 aliphatic heterocycles. The van der Waals surface area contributed by atoms with Gasteiger partial charge in [-0.25, -0.2) is 13.8 Å². The molecule has 10 nitrogen and oxygen atoms in total. The summed E-state index contributed by atoms with van der Waals surface area (Å²) in [5.74, 6) is -1.47. The third kappa shape index (κ3) is 4.06. The van der Waals surface area contributed by atoms with Crippen LogP contribution in [0.5, 0.6) is 11.5 Å². The summed E-state index contributed by atoms with van der Waals surface area (Å²) >= 11 is 0. The molecule has 0 aliphatic carbocycles. The summed E-state index contributed by atoms with van der Waals surface area (Å²) in [7, 11) is -2.88. The summed E-state index contributed by atoms with van der Waals surface area (Å²) in [4.78, 5) is 21.4. The van der Waals surface area contributed by atoms with E-state index in [-0.39, 0.29) is 23.4 Å². The molecule has 2 heterocycles. The summed E-state index contributed by atoms with van der Waals surface area (Å²) < 4.78 is 62.2. The van der Waals surface area contributed by atoms with Crippen LogP contribution < -0.4 is 19.9 Å². The molecule has 3 aromatic rings. The van der Waals surface area contributed by atoms with E-state index in [1.54, 1.807) is 6.07 Å². The van der Waals surface area contributed by atoms with Crippen molar-refractivity contribution in [3.63, 3.8) is 0 Å². The molecular formula is C20H17F2N5O5S. The Morgan fingerprint density at radius 3 is 2.76 bits per heavy atom. The molecule has 0 amide bonds. The number of nitrogens with one attached hydrogen (secondary N) is 1. The number of fused-ring (bicyclic) bond motifs is 1. The second kappa shape index (κ2) is 8.64. The van der Waals surface area contributed by atoms with Gasteiger partial charge in [0.1, 0.15) is 37.5 Å². The van der Waals surface area contributed by atoms with Gasteiger partial charge in [-0.1, -0.05) is 0 Å². The second-order valence-electron chi connectivity index (χ2n) is 7.06. The average Bonchev–Trinajstić information content (AvgIpc) is 2.76. The van der Waals surface area contributed by atoms with Crippen LogP contribution in [0, 0.1) is 17.1 Å². The number of rotatable bonds is 7. The maximum atomic E-state index is 14.6. The minimum Gasteiger partial charge on any atom is -0.453 e. The number of hydrogen-bond donors (Lipinski definition) is 1. The molecule has 1 fully saturated rings. The molecule has 2 aromatic carbocycles. The fourth-order valence-electron chi connectivity index (χ4n) is 3.33. The van der Waals surface area contributed by atoms with Crippen molar-refractivity contribution in [1.29, 1.82) is 5.26 Å². The van der Waals surface area contributed by atoms with Gasteiger partial charge in [-0.3, -0.25) is 9.52 Å². The fraction of sp³-hybridized carbons (Fsp3) is 0.250. The SMILES string of the molecule is COn1cnc2ccc(Oc3c(F)ccc(NS(=O)(=O)N4CC[C@@H]4CF)c3C#N)cc2c1=O. The van der Waals surface area contributed by atoms with Gasteiger partial charge in [0, 0.05) is 6.54 Å². The quantitative estimate of drug-likeness (QED) is 0.551. The maximum Gasteiger partial charge on any atom is 0.302 e. The van der Waals surface area contributed by atoms with E-state index in [1.807, 2.05) is 0 Å². The molecule has 0 spiro atoms. The summed E-state index contributed by atoms with van der Waals surface area (Å²) in [6.07, 6.45) is 1.57. The predicted molar refractivity (Wildman–Crippen MR) is 113 cm³/mol. The minimum atomic E-state index is -4.17. The van der Waals surface area contributed by atoms with E-state index in [2.05, 4.69) is 9.71 Å². The highest BCUT2D eigenvalue weighted by Gasteiger charge is 2.38. The van der Waals surface area contributed by atoms with Gasteiger partial charge >= 0.3 is 10.2 Å². The molecule has 1 N–H and O–H groups in total. The molecule has 4 rings (SSSR count). The number of benzene rings is 2. The normalized spacial score (nSPS) is 16.1. The zero-order valence-electron chi connectivity index (χ0n) is 17.2. The Bertz CT molecular complexity index is 1440. The summed E-state index contributed by atoms with van der Waals surface area (Å²) in [6.45, 7) is -0.716. The van der Waals surface area contributed by atoms with Crippen LogP contribution in [0.15, 0.2) is 41.5 Å². The van der Waals surface area contributed by atoms with E-state index in [0.717, 1.165) is 21.2 Å². The number of halogens is 2. The summed E-state index contributed by atoms with van der Waals surface area (Å²) in [6, 6.07) is 7.12. The van der Waals surface area contributed by atoms with E-state index < -0.39 is 45.6 Å². The van der Waals surface area contributed by atoms with Crippen molar-refractivity contribution in [3.05, 3.63) is 58.4 Å². The van der Waals surface area contributed by atoms with Gasteiger partial charge in [-0.05, 0) is 36.8 Å². The molecule has 1 atom stereocenters. The molecule has 0 saturated carbocycles. The monoisotopic (exact) mass is 477 g/mol. The summed E-state index contributed by atoms with van der Waals surface area (Å²) in [5, 5.41) is 9.72. The van der Waals surface area contributed by atoms with Gasteiger partial charge in [0.2, 0.25) is 0 Å². The second-order valence-corrected chi connectivity index (χ2v) is 8.69. The smallest absolute Gasteiger partial charge is 0.302 e. The fourth-order valence-corrected chi connectivity index (χ4v) is 4.80. The Hall–Kier alpha value is -3.76. The van der Waals surface area contributed by atoms with Crippen LogP contribution in [0.3, 0.4) is 0 Å². The summed E-state index contributed by atoms with van der Waals surface area (Å²) in [5.41, 5.74) is -0.855. The molecule has 33 heavy (non-hydrogen) atoms. The number of aromatic nitrogens is 2. The van der Waals surface area contributed by atoms with Crippen molar-refractivity contribution >= 4 is 26.8 Å². The van der Waals surface area contributed by atoms with Gasteiger partial charge in [-0.2, -0.15) is 18.0 Å². The highest BCUT2D eigenvalue weighted by molar-refractivity contribution is 7.90. The lowest BCUT2D eigenvalue weighted by Gasteiger charge is -2.37. The molecule has 1 aromatic heterocycles. The molecule has 13 heteroatoms. The standard InChI is InChI=1S/C20H17F2N5O5S/c1-31-26-11-24-17-4-2-13(8-14(17)20(26)28)32-19-15(10-23)18(5-3-16(19)22)25-33(29,30)27-7-6-12(27)9-21/h2-5,8,11-12,25H,6-7,9H2,1H3/t12-/m1/s1. The number of nitrogens with zero attached hydrogens (tertiary/aromatic N) is 4. The van der Waals surface area contributed by atoms with Crippen LogP contribution in [0.2, 0.25) is 0 Å². The first-order valence-corrected chi connectivity index (χ1v) is 11.0. The Balaban J connectivity index is 1.71. The average molecular weight is 477 g/mol. The molecule has 0 radical (unpaired) electrons. The van der Waals surface area contributed by atoms with Gasteiger partial charge in [-0.15, -0.1) is 4.73 Å². The van der Waals surface area contributed by atoms with E-state index in [0.29, 0.717) is 11.9 Å². The number of ether oxygens (including phenoxy) is 1. The third-order valence-corrected chi connectivity index (χ3v) is 6.73. The first-order chi connectivity index (χ1) is 15.8. The highest BCUT2D eigenvalue weighted by Crippen LogP contribution is 2.35. The maximum absolute atomic E-state index is 14.6. The zero-order valence-corrected chi connectivity index (χ0v) is 18.0. The first-order valence-electron chi connectivity index (χ1n) is 9.61. The van der Waals surface area contributed by atoms with E-state index in [9.17, 15) is 27.3 Å². The van der Waals surface area contributed by atoms with Crippen LogP contribution in [0.25, 0.3) is 10.9 Å². The largest absolute Gasteiger partial charge is 0.453 e. The van der Waals surface area contributed by atoms with E-state index >= 15 is 0 Å². The Labute approximate surface area is 186 Å². The molecule has 1 aliphatic rings. The lowest BCUT2D eigenvalue weighted by atomic mass is 10.1. The number of anilines is 1. The molecule has 0 unspecified atom stereocenters. The topological polar surface area (TPSA) is 127 Å². The molecular weight excluding hydrogens is 460 g/mol. The van der Waals surface area contributed by atoms with Crippen LogP contribution in [0.4, 0.5) is 14.5 Å². The van der Waals surface area contributed by atoms with Crippen molar-refractivity contribution in [2.24, 2.45) is 0 Å². The van der Waals surface area contributed by atoms with Gasteiger partial charge in [0.15, 0.2) is 11.6 Å². The van der Waals surface area contributed by atoms with E-state index in [4.69, 9.17) is 9.57 Å². The van der Waals surface area contributed by atoms with Crippen molar-refractivity contribution < 1.29 is 26.8 Å². The van der Waals surface area contributed by atoms with Crippen molar-refractivity contribution in [2.45, 2.75) is 12.5 Å². The number of alkyl halides is 1. The first kappa shape index (κ1) is 22.4. The third-order valence-electron chi connectivity index (χ3n) is 5.15. The van der Waals surface area contributed by atoms with Crippen LogP contribution in [0.1, 0.15) is 12.0 Å². The lowest BCUT2D eigenvalue weighted by molar-refractivity contribution is 0.155. The molecule has 172 valence electrons. The van der Waals surface area contributed by atoms with Gasteiger partial charge in [0.05, 0.1) is 22.6 Å². The van der Waals surface area contributed by atoms with Crippen molar-refractivity contribution in [2.75, 3.05) is 25.1 Å². The Kier molecular flexibility index (Phi) is 5.88. The number of nitriles is 1. The Morgan fingerprint density at radius 1 is 1.33 bits per heavy atom. The molecule has 1 saturated heterocycles. The molecule has 0 bridgehead atoms. The van der Waals surface area contributed by atoms with Gasteiger partial charge in [0.25, 0.3) is 5.56 Å². The van der Waals surface area contributed by atoms with Crippen molar-refractivity contribution in [3.8, 4) is 17.6 Å². The van der Waals surface area contributed by atoms with Gasteiger partial charge < -0.3 is 9.57 Å². The van der Waals surface area contributed by atoms with Crippen LogP contribution >= 0.6 is 0 Å². The lowest BCUT2D eigenvalue weighted by Crippen LogP contribution is -2.54. The zero-order chi connectivity index (χ0) is 23.8. The number of hydrogen-bond acceptors (Lipinski definition) is 7. The highest BCUT2D eigenvalue weighted by atomic mass is 32.2. The van der Waals surface area contributed by atoms with Crippen LogP contribution in [-0.2, 0) is 10.2 Å². The van der Waals surface area contributed by atoms with Crippen LogP contribution in [-0.4, -0.2) is 48.8 Å². The van der Waals surface area contributed by atoms with Crippen molar-refractivity contribution in [1.82, 2.24) is 14.0 Å². The minimum absolute atomic E-state index is 0.00546. The predicted octanol–water partition coefficient (Wildman–Crippen LogP) is 1.96. The van der Waals surface area contributed by atoms with E-state index in [1.165, 1.54) is 31.6 Å². The Morgan fingerprint density at radius 2 is 2.12 bits per heavy atom.